The second-order valence-electron chi connectivity index (χ2n) is 5.46. The molecule has 1 aliphatic carbocycles. The molecule has 2 aliphatic rings. The van der Waals surface area contributed by atoms with Crippen LogP contribution >= 0.6 is 15.9 Å². The van der Waals surface area contributed by atoms with Crippen molar-refractivity contribution in [3.63, 3.8) is 0 Å². The summed E-state index contributed by atoms with van der Waals surface area (Å²) in [6.07, 6.45) is 10.7. The first-order valence-corrected chi connectivity index (χ1v) is 8.05. The lowest BCUT2D eigenvalue weighted by Crippen LogP contribution is -2.26. The molecule has 4 heteroatoms. The van der Waals surface area contributed by atoms with Crippen LogP contribution in [-0.2, 0) is 12.8 Å². The number of halogens is 1. The van der Waals surface area contributed by atoms with E-state index in [4.69, 9.17) is 5.10 Å². The van der Waals surface area contributed by atoms with Crippen molar-refractivity contribution in [3.05, 3.63) is 70.1 Å². The summed E-state index contributed by atoms with van der Waals surface area (Å²) in [7, 11) is 0. The molecule has 0 atom stereocenters. The minimum absolute atomic E-state index is 1.02. The standard InChI is InChI=1S/C17H16BrN3/c18-14-4-6-16(7-5-14)21-12-13-8-10-20(15-2-1-3-15)11-9-17(13)19-21/h1-7,12H,8-11H2. The predicted molar refractivity (Wildman–Crippen MR) is 87.5 cm³/mol. The van der Waals surface area contributed by atoms with Crippen molar-refractivity contribution in [2.75, 3.05) is 13.1 Å². The van der Waals surface area contributed by atoms with Gasteiger partial charge in [-0.25, -0.2) is 4.68 Å². The summed E-state index contributed by atoms with van der Waals surface area (Å²) >= 11 is 3.47. The highest BCUT2D eigenvalue weighted by atomic mass is 79.9. The van der Waals surface area contributed by atoms with Crippen LogP contribution in [0.25, 0.3) is 5.69 Å². The van der Waals surface area contributed by atoms with E-state index in [1.807, 2.05) is 4.68 Å². The SMILES string of the molecule is Brc1ccc(-n2cc3c(n2)CCN(C2=CC=C2)CC3)cc1. The van der Waals surface area contributed by atoms with Crippen molar-refractivity contribution in [1.82, 2.24) is 14.7 Å². The topological polar surface area (TPSA) is 21.1 Å². The second-order valence-corrected chi connectivity index (χ2v) is 6.38. The van der Waals surface area contributed by atoms with E-state index in [9.17, 15) is 0 Å². The minimum Gasteiger partial charge on any atom is -0.371 e. The Kier molecular flexibility index (Phi) is 3.19. The molecule has 1 aromatic carbocycles. The van der Waals surface area contributed by atoms with Gasteiger partial charge < -0.3 is 4.90 Å². The van der Waals surface area contributed by atoms with Gasteiger partial charge in [-0.1, -0.05) is 22.0 Å². The van der Waals surface area contributed by atoms with Crippen molar-refractivity contribution in [2.45, 2.75) is 12.8 Å². The fourth-order valence-corrected chi connectivity index (χ4v) is 3.11. The Morgan fingerprint density at radius 3 is 2.52 bits per heavy atom. The molecule has 106 valence electrons. The van der Waals surface area contributed by atoms with E-state index in [1.165, 1.54) is 17.0 Å². The molecule has 0 bridgehead atoms. The molecule has 0 fully saturated rings. The van der Waals surface area contributed by atoms with Gasteiger partial charge in [-0.05, 0) is 48.4 Å². The fraction of sp³-hybridized carbons (Fsp3) is 0.235. The van der Waals surface area contributed by atoms with Gasteiger partial charge in [0.15, 0.2) is 0 Å². The number of benzene rings is 1. The summed E-state index contributed by atoms with van der Waals surface area (Å²) in [5.41, 5.74) is 5.10. The zero-order valence-corrected chi connectivity index (χ0v) is 13.3. The summed E-state index contributed by atoms with van der Waals surface area (Å²) in [4.78, 5) is 2.45. The molecular weight excluding hydrogens is 326 g/mol. The lowest BCUT2D eigenvalue weighted by atomic mass is 10.1. The van der Waals surface area contributed by atoms with Gasteiger partial charge in [-0.2, -0.15) is 5.10 Å². The molecule has 4 rings (SSSR count). The highest BCUT2D eigenvalue weighted by Crippen LogP contribution is 2.22. The number of hydrogen-bond acceptors (Lipinski definition) is 2. The van der Waals surface area contributed by atoms with Gasteiger partial charge in [0.25, 0.3) is 0 Å². The van der Waals surface area contributed by atoms with E-state index in [1.54, 1.807) is 0 Å². The summed E-state index contributed by atoms with van der Waals surface area (Å²) in [5.74, 6) is 0. The molecular formula is C17H16BrN3. The Morgan fingerprint density at radius 2 is 1.81 bits per heavy atom. The predicted octanol–water partition coefficient (Wildman–Crippen LogP) is 3.49. The van der Waals surface area contributed by atoms with Crippen molar-refractivity contribution in [2.24, 2.45) is 0 Å². The summed E-state index contributed by atoms with van der Waals surface area (Å²) in [6.45, 7) is 2.13. The van der Waals surface area contributed by atoms with Gasteiger partial charge >= 0.3 is 0 Å². The quantitative estimate of drug-likeness (QED) is 0.833. The van der Waals surface area contributed by atoms with Crippen molar-refractivity contribution in [1.29, 1.82) is 0 Å². The monoisotopic (exact) mass is 341 g/mol. The van der Waals surface area contributed by atoms with E-state index in [2.05, 4.69) is 69.5 Å². The highest BCUT2D eigenvalue weighted by molar-refractivity contribution is 9.10. The van der Waals surface area contributed by atoms with E-state index in [-0.39, 0.29) is 0 Å². The van der Waals surface area contributed by atoms with Crippen LogP contribution in [0.15, 0.2) is 58.9 Å². The zero-order chi connectivity index (χ0) is 14.2. The van der Waals surface area contributed by atoms with Gasteiger partial charge in [-0.3, -0.25) is 0 Å². The third-order valence-electron chi connectivity index (χ3n) is 4.14. The first-order valence-electron chi connectivity index (χ1n) is 7.26. The Bertz CT molecular complexity index is 699. The van der Waals surface area contributed by atoms with Gasteiger partial charge in [0, 0.05) is 35.9 Å². The van der Waals surface area contributed by atoms with Gasteiger partial charge in [0.1, 0.15) is 0 Å². The number of rotatable bonds is 2. The van der Waals surface area contributed by atoms with Crippen molar-refractivity contribution < 1.29 is 0 Å². The Balaban J connectivity index is 1.56. The molecule has 3 nitrogen and oxygen atoms in total. The zero-order valence-electron chi connectivity index (χ0n) is 11.7. The lowest BCUT2D eigenvalue weighted by molar-refractivity contribution is 0.368. The van der Waals surface area contributed by atoms with Crippen LogP contribution in [0.1, 0.15) is 11.3 Å². The molecule has 1 aromatic heterocycles. The van der Waals surface area contributed by atoms with Crippen LogP contribution < -0.4 is 0 Å². The third-order valence-corrected chi connectivity index (χ3v) is 4.67. The smallest absolute Gasteiger partial charge is 0.0679 e. The molecule has 0 radical (unpaired) electrons. The third kappa shape index (κ3) is 2.44. The number of fused-ring (bicyclic) bond motifs is 1. The molecule has 0 saturated heterocycles. The van der Waals surface area contributed by atoms with Gasteiger partial charge in [0.05, 0.1) is 11.4 Å². The van der Waals surface area contributed by atoms with Crippen LogP contribution in [-0.4, -0.2) is 27.8 Å². The van der Waals surface area contributed by atoms with E-state index in [0.717, 1.165) is 36.1 Å². The molecule has 2 heterocycles. The van der Waals surface area contributed by atoms with E-state index >= 15 is 0 Å². The summed E-state index contributed by atoms with van der Waals surface area (Å²) in [6, 6.07) is 8.29. The first kappa shape index (κ1) is 12.9. The van der Waals surface area contributed by atoms with Crippen molar-refractivity contribution in [3.8, 4) is 5.69 Å². The maximum Gasteiger partial charge on any atom is 0.0679 e. The van der Waals surface area contributed by atoms with E-state index < -0.39 is 0 Å². The molecule has 21 heavy (non-hydrogen) atoms. The largest absolute Gasteiger partial charge is 0.371 e. The summed E-state index contributed by atoms with van der Waals surface area (Å²) in [5, 5.41) is 4.79. The van der Waals surface area contributed by atoms with E-state index in [0.29, 0.717) is 0 Å². The Labute approximate surface area is 132 Å². The molecule has 0 unspecified atom stereocenters. The maximum absolute atomic E-state index is 4.79. The van der Waals surface area contributed by atoms with Crippen molar-refractivity contribution >= 4 is 15.9 Å². The number of nitrogens with zero attached hydrogens (tertiary/aromatic N) is 3. The molecule has 0 amide bonds. The average molecular weight is 342 g/mol. The van der Waals surface area contributed by atoms with Gasteiger partial charge in [0.2, 0.25) is 0 Å². The second kappa shape index (κ2) is 5.19. The average Bonchev–Trinajstić information content (AvgIpc) is 2.75. The first-order chi connectivity index (χ1) is 10.3. The molecule has 0 saturated carbocycles. The van der Waals surface area contributed by atoms with Crippen LogP contribution in [0.3, 0.4) is 0 Å². The lowest BCUT2D eigenvalue weighted by Gasteiger charge is -2.26. The number of aromatic nitrogens is 2. The molecule has 0 spiro atoms. The maximum atomic E-state index is 4.79. The molecule has 0 N–H and O–H groups in total. The van der Waals surface area contributed by atoms with Crippen LogP contribution in [0.5, 0.6) is 0 Å². The number of allylic oxidation sites excluding steroid dienone is 3. The highest BCUT2D eigenvalue weighted by Gasteiger charge is 2.19. The molecule has 2 aromatic rings. The Morgan fingerprint density at radius 1 is 1.05 bits per heavy atom. The summed E-state index contributed by atoms with van der Waals surface area (Å²) < 4.78 is 3.10. The minimum atomic E-state index is 1.02. The Hall–Kier alpha value is -1.81. The van der Waals surface area contributed by atoms with Crippen LogP contribution in [0, 0.1) is 0 Å². The number of hydrogen-bond donors (Lipinski definition) is 0. The molecule has 1 aliphatic heterocycles. The fourth-order valence-electron chi connectivity index (χ4n) is 2.85. The van der Waals surface area contributed by atoms with Crippen LogP contribution in [0.4, 0.5) is 0 Å². The normalized spacial score (nSPS) is 17.0. The van der Waals surface area contributed by atoms with Crippen LogP contribution in [0.2, 0.25) is 0 Å². The van der Waals surface area contributed by atoms with Gasteiger partial charge in [-0.15, -0.1) is 0 Å².